The number of piperidine rings is 3. The molecule has 3 fully saturated rings. The number of guanidine groups is 1. The molecule has 32 heavy (non-hydrogen) atoms. The van der Waals surface area contributed by atoms with Crippen LogP contribution in [0, 0.1) is 5.92 Å². The van der Waals surface area contributed by atoms with Crippen molar-refractivity contribution < 1.29 is 5.11 Å². The lowest BCUT2D eigenvalue weighted by Crippen LogP contribution is -2.56. The van der Waals surface area contributed by atoms with Gasteiger partial charge < -0.3 is 20.2 Å². The third-order valence-corrected chi connectivity index (χ3v) is 7.50. The molecule has 1 aromatic carbocycles. The van der Waals surface area contributed by atoms with Gasteiger partial charge in [-0.2, -0.15) is 0 Å². The minimum atomic E-state index is -0.0871. The minimum Gasteiger partial charge on any atom is -0.393 e. The quantitative estimate of drug-likeness (QED) is 0.387. The minimum absolute atomic E-state index is 0.0871. The Morgan fingerprint density at radius 1 is 1.06 bits per heavy atom. The van der Waals surface area contributed by atoms with Gasteiger partial charge in [0.2, 0.25) is 0 Å². The van der Waals surface area contributed by atoms with E-state index in [2.05, 4.69) is 57.3 Å². The van der Waals surface area contributed by atoms with E-state index in [1.165, 1.54) is 31.4 Å². The van der Waals surface area contributed by atoms with Crippen LogP contribution < -0.4 is 5.32 Å². The van der Waals surface area contributed by atoms with Crippen LogP contribution in [0.3, 0.4) is 0 Å². The Balaban J connectivity index is 1.28. The fraction of sp³-hybridized carbons (Fsp3) is 0.731. The van der Waals surface area contributed by atoms with Crippen LogP contribution in [0.1, 0.15) is 51.0 Å². The zero-order valence-corrected chi connectivity index (χ0v) is 20.0. The van der Waals surface area contributed by atoms with Gasteiger partial charge in [0.15, 0.2) is 5.96 Å². The molecule has 2 unspecified atom stereocenters. The summed E-state index contributed by atoms with van der Waals surface area (Å²) in [6.45, 7) is 11.7. The maximum atomic E-state index is 9.68. The van der Waals surface area contributed by atoms with E-state index in [1.54, 1.807) is 0 Å². The Kier molecular flexibility index (Phi) is 8.83. The van der Waals surface area contributed by atoms with Crippen LogP contribution in [0.15, 0.2) is 35.3 Å². The van der Waals surface area contributed by atoms with Crippen molar-refractivity contribution >= 4 is 5.96 Å². The predicted octanol–water partition coefficient (Wildman–Crippen LogP) is 2.79. The average Bonchev–Trinajstić information content (AvgIpc) is 2.83. The lowest BCUT2D eigenvalue weighted by atomic mass is 9.83. The van der Waals surface area contributed by atoms with Gasteiger partial charge in [-0.3, -0.25) is 9.89 Å². The summed E-state index contributed by atoms with van der Waals surface area (Å²) in [4.78, 5) is 12.7. The van der Waals surface area contributed by atoms with Crippen molar-refractivity contribution in [1.82, 2.24) is 20.0 Å². The Labute approximate surface area is 194 Å². The number of aliphatic hydroxyl groups excluding tert-OH is 1. The lowest BCUT2D eigenvalue weighted by molar-refractivity contribution is 0.0372. The largest absolute Gasteiger partial charge is 0.393 e. The maximum absolute atomic E-state index is 9.68. The van der Waals surface area contributed by atoms with Gasteiger partial charge in [-0.1, -0.05) is 30.3 Å². The normalized spacial score (nSPS) is 26.2. The first-order valence-corrected chi connectivity index (χ1v) is 12.9. The second-order valence-corrected chi connectivity index (χ2v) is 9.82. The van der Waals surface area contributed by atoms with E-state index in [4.69, 9.17) is 4.99 Å². The monoisotopic (exact) mass is 441 g/mol. The molecule has 3 aliphatic heterocycles. The first kappa shape index (κ1) is 23.5. The Hall–Kier alpha value is -1.63. The van der Waals surface area contributed by atoms with Gasteiger partial charge in [-0.15, -0.1) is 0 Å². The SMILES string of the molecule is CCNC(=NCCCN1CCC(O)CC1)N1CCC2C(CCCN2Cc2ccccc2)C1. The molecule has 0 amide bonds. The van der Waals surface area contributed by atoms with E-state index in [0.29, 0.717) is 6.04 Å². The van der Waals surface area contributed by atoms with Crippen molar-refractivity contribution in [3.63, 3.8) is 0 Å². The van der Waals surface area contributed by atoms with E-state index < -0.39 is 0 Å². The van der Waals surface area contributed by atoms with Crippen LogP contribution in [0.25, 0.3) is 0 Å². The van der Waals surface area contributed by atoms with Crippen molar-refractivity contribution in [3.05, 3.63) is 35.9 Å². The number of hydrogen-bond acceptors (Lipinski definition) is 4. The van der Waals surface area contributed by atoms with Crippen molar-refractivity contribution in [1.29, 1.82) is 0 Å². The standard InChI is InChI=1S/C26H43N5O/c1-2-27-26(28-14-7-15-29-17-11-24(32)12-18-29)31-19-13-25-23(21-31)10-6-16-30(25)20-22-8-4-3-5-9-22/h3-5,8-9,23-25,32H,2,6-7,10-21H2,1H3,(H,27,28). The molecule has 0 aromatic heterocycles. The third-order valence-electron chi connectivity index (χ3n) is 7.50. The molecule has 0 radical (unpaired) electrons. The molecule has 0 aliphatic carbocycles. The Morgan fingerprint density at radius 2 is 1.88 bits per heavy atom. The molecule has 6 nitrogen and oxygen atoms in total. The molecule has 0 spiro atoms. The summed E-state index contributed by atoms with van der Waals surface area (Å²) >= 11 is 0. The summed E-state index contributed by atoms with van der Waals surface area (Å²) in [5, 5.41) is 13.2. The predicted molar refractivity (Wildman–Crippen MR) is 132 cm³/mol. The molecule has 2 atom stereocenters. The molecule has 3 aliphatic rings. The van der Waals surface area contributed by atoms with E-state index in [0.717, 1.165) is 83.5 Å². The van der Waals surface area contributed by atoms with Gasteiger partial charge in [0.1, 0.15) is 0 Å². The van der Waals surface area contributed by atoms with E-state index in [-0.39, 0.29) is 6.10 Å². The van der Waals surface area contributed by atoms with Gasteiger partial charge in [-0.25, -0.2) is 0 Å². The van der Waals surface area contributed by atoms with Gasteiger partial charge in [0.25, 0.3) is 0 Å². The molecule has 2 N–H and O–H groups in total. The summed E-state index contributed by atoms with van der Waals surface area (Å²) in [5.74, 6) is 1.85. The summed E-state index contributed by atoms with van der Waals surface area (Å²) in [6, 6.07) is 11.7. The number of nitrogens with zero attached hydrogens (tertiary/aromatic N) is 4. The second-order valence-electron chi connectivity index (χ2n) is 9.82. The number of rotatable bonds is 7. The molecule has 3 saturated heterocycles. The summed E-state index contributed by atoms with van der Waals surface area (Å²) in [6.07, 6.45) is 6.73. The molecule has 1 aromatic rings. The first-order chi connectivity index (χ1) is 15.7. The molecular formula is C26H43N5O. The number of benzene rings is 1. The van der Waals surface area contributed by atoms with Crippen LogP contribution in [0.2, 0.25) is 0 Å². The second kappa shape index (κ2) is 12.0. The van der Waals surface area contributed by atoms with E-state index in [1.807, 2.05) is 0 Å². The molecular weight excluding hydrogens is 398 g/mol. The molecule has 4 rings (SSSR count). The van der Waals surface area contributed by atoms with Crippen LogP contribution >= 0.6 is 0 Å². The highest BCUT2D eigenvalue weighted by molar-refractivity contribution is 5.80. The highest BCUT2D eigenvalue weighted by Crippen LogP contribution is 2.31. The fourth-order valence-corrected chi connectivity index (χ4v) is 5.76. The van der Waals surface area contributed by atoms with Crippen LogP contribution in [0.5, 0.6) is 0 Å². The number of aliphatic hydroxyl groups is 1. The van der Waals surface area contributed by atoms with Crippen molar-refractivity contribution in [2.24, 2.45) is 10.9 Å². The molecule has 178 valence electrons. The van der Waals surface area contributed by atoms with Gasteiger partial charge in [0, 0.05) is 51.9 Å². The molecule has 0 saturated carbocycles. The maximum Gasteiger partial charge on any atom is 0.193 e. The highest BCUT2D eigenvalue weighted by Gasteiger charge is 2.36. The number of hydrogen-bond donors (Lipinski definition) is 2. The number of likely N-dealkylation sites (tertiary alicyclic amines) is 3. The van der Waals surface area contributed by atoms with Crippen molar-refractivity contribution in [2.75, 3.05) is 52.4 Å². The Morgan fingerprint density at radius 3 is 2.66 bits per heavy atom. The zero-order chi connectivity index (χ0) is 22.2. The number of fused-ring (bicyclic) bond motifs is 1. The van der Waals surface area contributed by atoms with Gasteiger partial charge >= 0.3 is 0 Å². The zero-order valence-electron chi connectivity index (χ0n) is 20.0. The summed E-state index contributed by atoms with van der Waals surface area (Å²) < 4.78 is 0. The molecule has 6 heteroatoms. The summed E-state index contributed by atoms with van der Waals surface area (Å²) in [7, 11) is 0. The van der Waals surface area contributed by atoms with Crippen LogP contribution in [-0.4, -0.2) is 90.3 Å². The van der Waals surface area contributed by atoms with Crippen molar-refractivity contribution in [3.8, 4) is 0 Å². The smallest absolute Gasteiger partial charge is 0.193 e. The summed E-state index contributed by atoms with van der Waals surface area (Å²) in [5.41, 5.74) is 1.44. The van der Waals surface area contributed by atoms with Crippen molar-refractivity contribution in [2.45, 2.75) is 64.1 Å². The number of nitrogens with one attached hydrogen (secondary N) is 1. The average molecular weight is 442 g/mol. The molecule has 0 bridgehead atoms. The number of aliphatic imine (C=N–C) groups is 1. The van der Waals surface area contributed by atoms with Crippen LogP contribution in [0.4, 0.5) is 0 Å². The Bertz CT molecular complexity index is 703. The van der Waals surface area contributed by atoms with E-state index >= 15 is 0 Å². The molecule has 3 heterocycles. The van der Waals surface area contributed by atoms with Crippen LogP contribution in [-0.2, 0) is 6.54 Å². The van der Waals surface area contributed by atoms with Gasteiger partial charge in [-0.05, 0) is 70.0 Å². The lowest BCUT2D eigenvalue weighted by Gasteiger charge is -2.48. The first-order valence-electron chi connectivity index (χ1n) is 12.9. The van der Waals surface area contributed by atoms with Gasteiger partial charge in [0.05, 0.1) is 6.10 Å². The highest BCUT2D eigenvalue weighted by atomic mass is 16.3. The topological polar surface area (TPSA) is 54.3 Å². The fourth-order valence-electron chi connectivity index (χ4n) is 5.76. The van der Waals surface area contributed by atoms with E-state index in [9.17, 15) is 5.11 Å². The third kappa shape index (κ3) is 6.46.